The lowest BCUT2D eigenvalue weighted by Crippen LogP contribution is -2.47. The van der Waals surface area contributed by atoms with E-state index in [1.807, 2.05) is 0 Å². The van der Waals surface area contributed by atoms with Crippen molar-refractivity contribution in [2.75, 3.05) is 6.54 Å². The predicted molar refractivity (Wildman–Crippen MR) is 125 cm³/mol. The Kier molecular flexibility index (Phi) is 7.47. The van der Waals surface area contributed by atoms with Gasteiger partial charge in [0.05, 0.1) is 6.10 Å². The first-order valence-electron chi connectivity index (χ1n) is 13.1. The van der Waals surface area contributed by atoms with Crippen molar-refractivity contribution in [1.82, 2.24) is 0 Å². The average Bonchev–Trinajstić information content (AvgIpc) is 2.94. The zero-order valence-corrected chi connectivity index (χ0v) is 20.3. The average molecular weight is 406 g/mol. The Morgan fingerprint density at radius 3 is 2.34 bits per heavy atom. The number of fused-ring (bicyclic) bond motifs is 1. The molecular formula is C27H51NO. The van der Waals surface area contributed by atoms with Crippen LogP contribution in [0.5, 0.6) is 0 Å². The normalized spacial score (nSPS) is 43.1. The van der Waals surface area contributed by atoms with Crippen molar-refractivity contribution < 1.29 is 5.11 Å². The predicted octanol–water partition coefficient (Wildman–Crippen LogP) is 6.94. The number of hydrogen-bond acceptors (Lipinski definition) is 2. The second kappa shape index (κ2) is 9.19. The number of nitrogens with two attached hydrogens (primary N) is 1. The molecule has 3 aliphatic carbocycles. The molecule has 0 aromatic carbocycles. The Bertz CT molecular complexity index is 531. The van der Waals surface area contributed by atoms with Crippen molar-refractivity contribution in [1.29, 1.82) is 0 Å². The Morgan fingerprint density at radius 2 is 1.66 bits per heavy atom. The molecule has 0 amide bonds. The summed E-state index contributed by atoms with van der Waals surface area (Å²) in [5, 5.41) is 10.4. The van der Waals surface area contributed by atoms with Crippen LogP contribution < -0.4 is 5.73 Å². The van der Waals surface area contributed by atoms with Gasteiger partial charge in [0.1, 0.15) is 0 Å². The molecule has 0 radical (unpaired) electrons. The molecule has 0 aromatic rings. The first kappa shape index (κ1) is 23.6. The summed E-state index contributed by atoms with van der Waals surface area (Å²) in [6.07, 6.45) is 17.0. The standard InChI is InChI=1S/C27H51NO/c1-6-20(24-19-23(29)13-15-25(24,2)3)18-22-11-9-14-26(4)21(10-7-8-17-28)12-16-27(22,26)5/h20-24,29H,6-19,28H2,1-5H3/t20-,21?,22?,23+,24?,26?,27?/m0/s1. The summed E-state index contributed by atoms with van der Waals surface area (Å²) in [7, 11) is 0. The fourth-order valence-electron chi connectivity index (χ4n) is 8.38. The molecule has 0 saturated heterocycles. The van der Waals surface area contributed by atoms with Crippen LogP contribution in [0.1, 0.15) is 118 Å². The third-order valence-corrected chi connectivity index (χ3v) is 10.7. The molecule has 0 heterocycles. The minimum Gasteiger partial charge on any atom is -0.393 e. The summed E-state index contributed by atoms with van der Waals surface area (Å²) in [6, 6.07) is 0. The molecule has 7 atom stereocenters. The van der Waals surface area contributed by atoms with E-state index in [-0.39, 0.29) is 6.10 Å². The van der Waals surface area contributed by atoms with E-state index in [4.69, 9.17) is 5.73 Å². The van der Waals surface area contributed by atoms with E-state index in [0.29, 0.717) is 22.2 Å². The fourth-order valence-corrected chi connectivity index (χ4v) is 8.38. The van der Waals surface area contributed by atoms with Crippen molar-refractivity contribution in [3.05, 3.63) is 0 Å². The minimum atomic E-state index is -0.0623. The molecule has 0 bridgehead atoms. The summed E-state index contributed by atoms with van der Waals surface area (Å²) in [5.74, 6) is 3.26. The molecule has 5 unspecified atom stereocenters. The molecule has 3 N–H and O–H groups in total. The van der Waals surface area contributed by atoms with Gasteiger partial charge in [0.2, 0.25) is 0 Å². The Morgan fingerprint density at radius 1 is 0.931 bits per heavy atom. The van der Waals surface area contributed by atoms with Gasteiger partial charge in [-0.1, -0.05) is 53.9 Å². The van der Waals surface area contributed by atoms with Crippen LogP contribution in [0.4, 0.5) is 0 Å². The summed E-state index contributed by atoms with van der Waals surface area (Å²) in [6.45, 7) is 13.5. The molecular weight excluding hydrogens is 354 g/mol. The zero-order chi connectivity index (χ0) is 21.3. The number of hydrogen-bond donors (Lipinski definition) is 2. The highest BCUT2D eigenvalue weighted by Crippen LogP contribution is 2.67. The lowest BCUT2D eigenvalue weighted by atomic mass is 9.50. The topological polar surface area (TPSA) is 46.2 Å². The molecule has 3 rings (SSSR count). The molecule has 170 valence electrons. The van der Waals surface area contributed by atoms with E-state index in [1.54, 1.807) is 0 Å². The second-order valence-corrected chi connectivity index (χ2v) is 12.4. The van der Waals surface area contributed by atoms with Crippen LogP contribution in [-0.4, -0.2) is 17.8 Å². The lowest BCUT2D eigenvalue weighted by molar-refractivity contribution is -0.0634. The molecule has 2 heteroatoms. The lowest BCUT2D eigenvalue weighted by Gasteiger charge is -2.55. The summed E-state index contributed by atoms with van der Waals surface area (Å²) >= 11 is 0. The van der Waals surface area contributed by atoms with Crippen molar-refractivity contribution in [2.24, 2.45) is 45.7 Å². The van der Waals surface area contributed by atoms with Crippen molar-refractivity contribution >= 4 is 0 Å². The van der Waals surface area contributed by atoms with Gasteiger partial charge in [-0.2, -0.15) is 0 Å². The third kappa shape index (κ3) is 4.45. The van der Waals surface area contributed by atoms with Gasteiger partial charge in [0.15, 0.2) is 0 Å². The smallest absolute Gasteiger partial charge is 0.0543 e. The maximum Gasteiger partial charge on any atom is 0.0543 e. The largest absolute Gasteiger partial charge is 0.393 e. The quantitative estimate of drug-likeness (QED) is 0.429. The third-order valence-electron chi connectivity index (χ3n) is 10.7. The number of aliphatic hydroxyl groups is 1. The number of aliphatic hydroxyl groups excluding tert-OH is 1. The second-order valence-electron chi connectivity index (χ2n) is 12.4. The van der Waals surface area contributed by atoms with E-state index >= 15 is 0 Å². The van der Waals surface area contributed by atoms with E-state index in [2.05, 4.69) is 34.6 Å². The maximum absolute atomic E-state index is 10.4. The van der Waals surface area contributed by atoms with Gasteiger partial charge in [0, 0.05) is 0 Å². The monoisotopic (exact) mass is 405 g/mol. The van der Waals surface area contributed by atoms with Gasteiger partial charge >= 0.3 is 0 Å². The summed E-state index contributed by atoms with van der Waals surface area (Å²) in [4.78, 5) is 0. The van der Waals surface area contributed by atoms with Gasteiger partial charge < -0.3 is 10.8 Å². The van der Waals surface area contributed by atoms with Crippen LogP contribution in [0.15, 0.2) is 0 Å². The minimum absolute atomic E-state index is 0.0623. The van der Waals surface area contributed by atoms with E-state index in [9.17, 15) is 5.11 Å². The Labute approximate surface area is 181 Å². The summed E-state index contributed by atoms with van der Waals surface area (Å²) < 4.78 is 0. The molecule has 3 saturated carbocycles. The van der Waals surface area contributed by atoms with Crippen LogP contribution in [0.2, 0.25) is 0 Å². The van der Waals surface area contributed by atoms with Crippen molar-refractivity contribution in [2.45, 2.75) is 124 Å². The highest BCUT2D eigenvalue weighted by molar-refractivity contribution is 5.08. The van der Waals surface area contributed by atoms with Crippen LogP contribution in [0, 0.1) is 39.9 Å². The van der Waals surface area contributed by atoms with E-state index < -0.39 is 0 Å². The van der Waals surface area contributed by atoms with Crippen LogP contribution in [0.25, 0.3) is 0 Å². The summed E-state index contributed by atoms with van der Waals surface area (Å²) in [5.41, 5.74) is 7.22. The number of rotatable bonds is 8. The highest BCUT2D eigenvalue weighted by Gasteiger charge is 2.58. The van der Waals surface area contributed by atoms with Gasteiger partial charge in [-0.05, 0) is 111 Å². The van der Waals surface area contributed by atoms with Crippen LogP contribution in [-0.2, 0) is 0 Å². The first-order chi connectivity index (χ1) is 13.7. The molecule has 3 fully saturated rings. The van der Waals surface area contributed by atoms with E-state index in [1.165, 1.54) is 70.6 Å². The Balaban J connectivity index is 1.74. The van der Waals surface area contributed by atoms with Crippen LogP contribution >= 0.6 is 0 Å². The first-order valence-corrected chi connectivity index (χ1v) is 13.1. The fraction of sp³-hybridized carbons (Fsp3) is 1.00. The molecule has 0 aliphatic heterocycles. The van der Waals surface area contributed by atoms with Crippen molar-refractivity contribution in [3.8, 4) is 0 Å². The highest BCUT2D eigenvalue weighted by atomic mass is 16.3. The molecule has 0 aromatic heterocycles. The Hall–Kier alpha value is -0.0800. The van der Waals surface area contributed by atoms with E-state index in [0.717, 1.165) is 37.1 Å². The number of unbranched alkanes of at least 4 members (excludes halogenated alkanes) is 1. The molecule has 2 nitrogen and oxygen atoms in total. The van der Waals surface area contributed by atoms with Gasteiger partial charge in [0.25, 0.3) is 0 Å². The van der Waals surface area contributed by atoms with Gasteiger partial charge in [-0.25, -0.2) is 0 Å². The molecule has 3 aliphatic rings. The van der Waals surface area contributed by atoms with Gasteiger partial charge in [-0.15, -0.1) is 0 Å². The SMILES string of the molecule is CC[C@@H](CC1CCCC2(C)C(CCCCN)CCC12C)C1C[C@H](O)CCC1(C)C. The maximum atomic E-state index is 10.4. The molecule has 0 spiro atoms. The molecule has 29 heavy (non-hydrogen) atoms. The van der Waals surface area contributed by atoms with Crippen LogP contribution in [0.3, 0.4) is 0 Å². The zero-order valence-electron chi connectivity index (χ0n) is 20.3. The van der Waals surface area contributed by atoms with Crippen molar-refractivity contribution in [3.63, 3.8) is 0 Å². The van der Waals surface area contributed by atoms with Gasteiger partial charge in [-0.3, -0.25) is 0 Å².